The Morgan fingerprint density at radius 1 is 1.23 bits per heavy atom. The molecule has 1 heteroatoms. The van der Waals surface area contributed by atoms with Gasteiger partial charge in [-0.05, 0) is 37.5 Å². The second-order valence-electron chi connectivity index (χ2n) is 3.56. The van der Waals surface area contributed by atoms with E-state index in [2.05, 4.69) is 38.1 Å². The summed E-state index contributed by atoms with van der Waals surface area (Å²) < 4.78 is 0. The van der Waals surface area contributed by atoms with Gasteiger partial charge < -0.3 is 5.73 Å². The van der Waals surface area contributed by atoms with E-state index in [1.54, 1.807) is 0 Å². The van der Waals surface area contributed by atoms with Gasteiger partial charge in [-0.15, -0.1) is 0 Å². The van der Waals surface area contributed by atoms with Crippen LogP contribution in [0.5, 0.6) is 0 Å². The molecule has 0 saturated heterocycles. The lowest BCUT2D eigenvalue weighted by molar-refractivity contribution is 0.931. The van der Waals surface area contributed by atoms with Gasteiger partial charge in [0.15, 0.2) is 0 Å². The molecule has 1 aromatic carbocycles. The first kappa shape index (κ1) is 10.0. The Balaban J connectivity index is 2.85. The molecule has 70 valence electrons. The van der Waals surface area contributed by atoms with Gasteiger partial charge in [0.2, 0.25) is 0 Å². The van der Waals surface area contributed by atoms with Crippen molar-refractivity contribution in [2.75, 3.05) is 0 Å². The van der Waals surface area contributed by atoms with Crippen molar-refractivity contribution in [1.29, 1.82) is 0 Å². The second-order valence-corrected chi connectivity index (χ2v) is 3.56. The first-order valence-corrected chi connectivity index (χ1v) is 4.60. The van der Waals surface area contributed by atoms with Gasteiger partial charge >= 0.3 is 0 Å². The van der Waals surface area contributed by atoms with Gasteiger partial charge in [0.25, 0.3) is 0 Å². The molecule has 1 atom stereocenters. The van der Waals surface area contributed by atoms with E-state index in [-0.39, 0.29) is 6.04 Å². The molecule has 0 bridgehead atoms. The van der Waals surface area contributed by atoms with Crippen LogP contribution in [0, 0.1) is 13.8 Å². The van der Waals surface area contributed by atoms with Gasteiger partial charge in [-0.25, -0.2) is 0 Å². The minimum absolute atomic E-state index is 0.126. The van der Waals surface area contributed by atoms with Crippen LogP contribution >= 0.6 is 0 Å². The average Bonchev–Trinajstić information content (AvgIpc) is 2.07. The number of aryl methyl sites for hydroxylation is 2. The van der Waals surface area contributed by atoms with Crippen molar-refractivity contribution in [2.45, 2.75) is 26.8 Å². The van der Waals surface area contributed by atoms with Crippen LogP contribution in [0.4, 0.5) is 0 Å². The molecule has 0 fully saturated rings. The topological polar surface area (TPSA) is 26.0 Å². The lowest BCUT2D eigenvalue weighted by atomic mass is 10.1. The number of hydrogen-bond acceptors (Lipinski definition) is 1. The first-order chi connectivity index (χ1) is 6.09. The van der Waals surface area contributed by atoms with Crippen LogP contribution in [0.3, 0.4) is 0 Å². The summed E-state index contributed by atoms with van der Waals surface area (Å²) >= 11 is 0. The summed E-state index contributed by atoms with van der Waals surface area (Å²) in [5.41, 5.74) is 9.50. The third-order valence-electron chi connectivity index (χ3n) is 2.12. The summed E-state index contributed by atoms with van der Waals surface area (Å²) in [4.78, 5) is 0. The largest absolute Gasteiger partial charge is 0.325 e. The lowest BCUT2D eigenvalue weighted by Crippen LogP contribution is -2.09. The molecule has 0 radical (unpaired) electrons. The first-order valence-electron chi connectivity index (χ1n) is 4.60. The van der Waals surface area contributed by atoms with E-state index in [9.17, 15) is 0 Å². The van der Waals surface area contributed by atoms with Crippen LogP contribution in [0.15, 0.2) is 24.3 Å². The van der Waals surface area contributed by atoms with Crippen molar-refractivity contribution in [3.05, 3.63) is 41.0 Å². The number of rotatable bonds is 2. The number of benzene rings is 1. The van der Waals surface area contributed by atoms with Crippen molar-refractivity contribution < 1.29 is 0 Å². The fourth-order valence-electron chi connectivity index (χ4n) is 1.13. The quantitative estimate of drug-likeness (QED) is 0.734. The second kappa shape index (κ2) is 4.24. The zero-order valence-electron chi connectivity index (χ0n) is 8.54. The molecule has 0 amide bonds. The summed E-state index contributed by atoms with van der Waals surface area (Å²) in [5.74, 6) is 0. The van der Waals surface area contributed by atoms with Crippen LogP contribution in [-0.2, 0) is 0 Å². The Kier molecular flexibility index (Phi) is 3.26. The highest BCUT2D eigenvalue weighted by atomic mass is 14.6. The molecule has 1 aromatic rings. The monoisotopic (exact) mass is 175 g/mol. The molecule has 1 rings (SSSR count). The van der Waals surface area contributed by atoms with Crippen LogP contribution in [0.2, 0.25) is 0 Å². The smallest absolute Gasteiger partial charge is 0.0198 e. The highest BCUT2D eigenvalue weighted by Crippen LogP contribution is 2.11. The Hall–Kier alpha value is -1.08. The molecule has 0 aliphatic carbocycles. The van der Waals surface area contributed by atoms with E-state index in [1.807, 2.05) is 13.0 Å². The van der Waals surface area contributed by atoms with Crippen molar-refractivity contribution >= 4 is 6.08 Å². The average molecular weight is 175 g/mol. The van der Waals surface area contributed by atoms with Gasteiger partial charge in [0.05, 0.1) is 0 Å². The normalized spacial score (nSPS) is 13.5. The SMILES string of the molecule is Cc1ccc(/C=C/C(C)N)cc1C. The van der Waals surface area contributed by atoms with Gasteiger partial charge in [-0.1, -0.05) is 30.4 Å². The van der Waals surface area contributed by atoms with E-state index in [4.69, 9.17) is 5.73 Å². The summed E-state index contributed by atoms with van der Waals surface area (Å²) in [7, 11) is 0. The van der Waals surface area contributed by atoms with Gasteiger partial charge in [-0.2, -0.15) is 0 Å². The third kappa shape index (κ3) is 3.03. The number of hydrogen-bond donors (Lipinski definition) is 1. The molecular formula is C12H17N. The number of nitrogens with two attached hydrogens (primary N) is 1. The van der Waals surface area contributed by atoms with E-state index in [1.165, 1.54) is 16.7 Å². The molecule has 13 heavy (non-hydrogen) atoms. The maximum Gasteiger partial charge on any atom is 0.0198 e. The summed E-state index contributed by atoms with van der Waals surface area (Å²) in [6, 6.07) is 6.55. The molecule has 0 saturated carbocycles. The molecule has 2 N–H and O–H groups in total. The van der Waals surface area contributed by atoms with Crippen LogP contribution in [-0.4, -0.2) is 6.04 Å². The molecule has 0 heterocycles. The minimum atomic E-state index is 0.126. The van der Waals surface area contributed by atoms with Crippen LogP contribution in [0.25, 0.3) is 6.08 Å². The minimum Gasteiger partial charge on any atom is -0.325 e. The van der Waals surface area contributed by atoms with Crippen LogP contribution < -0.4 is 5.73 Å². The molecule has 0 aliphatic heterocycles. The summed E-state index contributed by atoms with van der Waals surface area (Å²) in [6.45, 7) is 6.21. The Morgan fingerprint density at radius 2 is 1.92 bits per heavy atom. The van der Waals surface area contributed by atoms with E-state index >= 15 is 0 Å². The molecule has 0 aromatic heterocycles. The highest BCUT2D eigenvalue weighted by Gasteiger charge is 1.92. The van der Waals surface area contributed by atoms with Crippen LogP contribution in [0.1, 0.15) is 23.6 Å². The highest BCUT2D eigenvalue weighted by molar-refractivity contribution is 5.52. The maximum absolute atomic E-state index is 5.62. The zero-order valence-corrected chi connectivity index (χ0v) is 8.54. The van der Waals surface area contributed by atoms with Crippen molar-refractivity contribution in [2.24, 2.45) is 5.73 Å². The lowest BCUT2D eigenvalue weighted by Gasteiger charge is -2.01. The van der Waals surface area contributed by atoms with Gasteiger partial charge in [0.1, 0.15) is 0 Å². The Labute approximate surface area is 80.3 Å². The van der Waals surface area contributed by atoms with Gasteiger partial charge in [-0.3, -0.25) is 0 Å². The summed E-state index contributed by atoms with van der Waals surface area (Å²) in [5, 5.41) is 0. The fourth-order valence-corrected chi connectivity index (χ4v) is 1.13. The van der Waals surface area contributed by atoms with E-state index in [0.717, 1.165) is 0 Å². The van der Waals surface area contributed by atoms with Crippen molar-refractivity contribution in [3.63, 3.8) is 0 Å². The molecule has 0 aliphatic rings. The predicted molar refractivity (Wildman–Crippen MR) is 58.6 cm³/mol. The van der Waals surface area contributed by atoms with E-state index in [0.29, 0.717) is 0 Å². The van der Waals surface area contributed by atoms with Gasteiger partial charge in [0, 0.05) is 6.04 Å². The molecule has 1 nitrogen and oxygen atoms in total. The maximum atomic E-state index is 5.62. The fraction of sp³-hybridized carbons (Fsp3) is 0.333. The molecule has 0 spiro atoms. The van der Waals surface area contributed by atoms with Crippen molar-refractivity contribution in [3.8, 4) is 0 Å². The predicted octanol–water partition coefficient (Wildman–Crippen LogP) is 2.66. The zero-order chi connectivity index (χ0) is 9.84. The Bertz CT molecular complexity index is 311. The molecule has 1 unspecified atom stereocenters. The summed E-state index contributed by atoms with van der Waals surface area (Å²) in [6.07, 6.45) is 4.07. The standard InChI is InChI=1S/C12H17N/c1-9-4-6-12(8-10(9)2)7-5-11(3)13/h4-8,11H,13H2,1-3H3/b7-5+. The third-order valence-corrected chi connectivity index (χ3v) is 2.12. The van der Waals surface area contributed by atoms with E-state index < -0.39 is 0 Å². The Morgan fingerprint density at radius 3 is 2.46 bits per heavy atom. The molecular weight excluding hydrogens is 158 g/mol. The van der Waals surface area contributed by atoms with Crippen molar-refractivity contribution in [1.82, 2.24) is 0 Å².